The molecule has 0 radical (unpaired) electrons. The average molecular weight is 474 g/mol. The molecular formula is C25H32ClN3O4. The number of benzene rings is 1. The molecule has 33 heavy (non-hydrogen) atoms. The summed E-state index contributed by atoms with van der Waals surface area (Å²) in [6.07, 6.45) is 2.24. The van der Waals surface area contributed by atoms with Gasteiger partial charge < -0.3 is 19.9 Å². The molecule has 1 aromatic heterocycles. The zero-order chi connectivity index (χ0) is 24.0. The molecule has 0 unspecified atom stereocenters. The number of rotatable bonds is 8. The minimum atomic E-state index is -0.369. The maximum Gasteiger partial charge on any atom is 0.355 e. The van der Waals surface area contributed by atoms with Crippen LogP contribution in [0, 0.1) is 19.8 Å². The van der Waals surface area contributed by atoms with Crippen molar-refractivity contribution in [2.45, 2.75) is 53.0 Å². The van der Waals surface area contributed by atoms with E-state index in [9.17, 15) is 14.4 Å². The summed E-state index contributed by atoms with van der Waals surface area (Å²) >= 11 is 5.99. The van der Waals surface area contributed by atoms with E-state index >= 15 is 0 Å². The van der Waals surface area contributed by atoms with Gasteiger partial charge in [0.1, 0.15) is 5.69 Å². The standard InChI is InChI=1S/C25H32ClN3O4/c1-4-33-25(32)23-16(2)21(17(3)28-23)8-9-22(30)29-12-10-19(11-13-29)24(31)27-15-18-6-5-7-20(26)14-18/h5-7,14,19,28H,4,8-13,15H2,1-3H3,(H,27,31). The Hall–Kier alpha value is -2.80. The fourth-order valence-electron chi connectivity index (χ4n) is 4.33. The Morgan fingerprint density at radius 2 is 1.94 bits per heavy atom. The molecule has 0 bridgehead atoms. The number of nitrogens with one attached hydrogen (secondary N) is 2. The van der Waals surface area contributed by atoms with Gasteiger partial charge in [0.25, 0.3) is 0 Å². The third kappa shape index (κ3) is 6.38. The number of amides is 2. The van der Waals surface area contributed by atoms with Crippen LogP contribution >= 0.6 is 11.6 Å². The van der Waals surface area contributed by atoms with Gasteiger partial charge in [0.15, 0.2) is 0 Å². The highest BCUT2D eigenvalue weighted by atomic mass is 35.5. The Morgan fingerprint density at radius 1 is 1.21 bits per heavy atom. The van der Waals surface area contributed by atoms with Crippen LogP contribution in [0.2, 0.25) is 5.02 Å². The van der Waals surface area contributed by atoms with E-state index in [0.29, 0.717) is 62.6 Å². The van der Waals surface area contributed by atoms with Crippen molar-refractivity contribution in [3.05, 3.63) is 57.4 Å². The molecule has 3 rings (SSSR count). The van der Waals surface area contributed by atoms with Crippen molar-refractivity contribution in [2.75, 3.05) is 19.7 Å². The molecular weight excluding hydrogens is 442 g/mol. The summed E-state index contributed by atoms with van der Waals surface area (Å²) in [6, 6.07) is 7.43. The average Bonchev–Trinajstić information content (AvgIpc) is 3.09. The number of nitrogens with zero attached hydrogens (tertiary/aromatic N) is 1. The summed E-state index contributed by atoms with van der Waals surface area (Å²) in [7, 11) is 0. The molecule has 0 aliphatic carbocycles. The van der Waals surface area contributed by atoms with Crippen molar-refractivity contribution in [3.63, 3.8) is 0 Å². The Kier molecular flexibility index (Phi) is 8.55. The van der Waals surface area contributed by atoms with Gasteiger partial charge in [-0.2, -0.15) is 0 Å². The Balaban J connectivity index is 1.46. The number of carbonyl (C=O) groups is 3. The predicted molar refractivity (Wildman–Crippen MR) is 127 cm³/mol. The molecule has 7 nitrogen and oxygen atoms in total. The first-order valence-electron chi connectivity index (χ1n) is 11.4. The summed E-state index contributed by atoms with van der Waals surface area (Å²) in [6.45, 7) is 7.47. The topological polar surface area (TPSA) is 91.5 Å². The molecule has 1 fully saturated rings. The zero-order valence-corrected chi connectivity index (χ0v) is 20.3. The van der Waals surface area contributed by atoms with Gasteiger partial charge >= 0.3 is 5.97 Å². The second-order valence-electron chi connectivity index (χ2n) is 8.45. The number of hydrogen-bond acceptors (Lipinski definition) is 4. The predicted octanol–water partition coefficient (Wildman–Crippen LogP) is 3.95. The fourth-order valence-corrected chi connectivity index (χ4v) is 4.55. The first-order valence-corrected chi connectivity index (χ1v) is 11.8. The lowest BCUT2D eigenvalue weighted by Gasteiger charge is -2.31. The van der Waals surface area contributed by atoms with Crippen molar-refractivity contribution in [1.82, 2.24) is 15.2 Å². The quantitative estimate of drug-likeness (QED) is 0.568. The first kappa shape index (κ1) is 24.8. The van der Waals surface area contributed by atoms with Crippen molar-refractivity contribution in [2.24, 2.45) is 5.92 Å². The first-order chi connectivity index (χ1) is 15.8. The Labute approximate surface area is 199 Å². The Bertz CT molecular complexity index is 1010. The number of halogens is 1. The van der Waals surface area contributed by atoms with Gasteiger partial charge in [0, 0.05) is 42.7 Å². The molecule has 1 aliphatic heterocycles. The van der Waals surface area contributed by atoms with Crippen LogP contribution in [0.4, 0.5) is 0 Å². The van der Waals surface area contributed by atoms with E-state index in [0.717, 1.165) is 22.4 Å². The summed E-state index contributed by atoms with van der Waals surface area (Å²) in [5.41, 5.74) is 4.14. The normalized spacial score (nSPS) is 14.2. The van der Waals surface area contributed by atoms with Gasteiger partial charge in [0.05, 0.1) is 6.61 Å². The van der Waals surface area contributed by atoms with Gasteiger partial charge in [-0.15, -0.1) is 0 Å². The van der Waals surface area contributed by atoms with Crippen LogP contribution in [0.1, 0.15) is 59.1 Å². The van der Waals surface area contributed by atoms with Crippen LogP contribution in [0.15, 0.2) is 24.3 Å². The van der Waals surface area contributed by atoms with E-state index in [1.165, 1.54) is 0 Å². The maximum atomic E-state index is 12.8. The van der Waals surface area contributed by atoms with E-state index in [1.807, 2.05) is 36.9 Å². The van der Waals surface area contributed by atoms with Gasteiger partial charge in [0.2, 0.25) is 11.8 Å². The number of aromatic amines is 1. The molecule has 1 aromatic carbocycles. The lowest BCUT2D eigenvalue weighted by Crippen LogP contribution is -2.43. The molecule has 2 heterocycles. The van der Waals surface area contributed by atoms with Crippen molar-refractivity contribution in [3.8, 4) is 0 Å². The number of esters is 1. The van der Waals surface area contributed by atoms with Gasteiger partial charge in [-0.3, -0.25) is 9.59 Å². The minimum absolute atomic E-state index is 0.0205. The molecule has 1 saturated heterocycles. The number of likely N-dealkylation sites (tertiary alicyclic amines) is 1. The summed E-state index contributed by atoms with van der Waals surface area (Å²) in [4.78, 5) is 42.3. The number of piperidine rings is 1. The number of H-pyrrole nitrogens is 1. The van der Waals surface area contributed by atoms with E-state index in [4.69, 9.17) is 16.3 Å². The SMILES string of the molecule is CCOC(=O)c1[nH]c(C)c(CCC(=O)N2CCC(C(=O)NCc3cccc(Cl)c3)CC2)c1C. The third-order valence-corrected chi connectivity index (χ3v) is 6.47. The van der Waals surface area contributed by atoms with Crippen LogP contribution < -0.4 is 5.32 Å². The zero-order valence-electron chi connectivity index (χ0n) is 19.5. The van der Waals surface area contributed by atoms with E-state index in [2.05, 4.69) is 10.3 Å². The van der Waals surface area contributed by atoms with Crippen molar-refractivity contribution < 1.29 is 19.1 Å². The van der Waals surface area contributed by atoms with Crippen LogP contribution in [-0.4, -0.2) is 47.4 Å². The molecule has 2 N–H and O–H groups in total. The van der Waals surface area contributed by atoms with Crippen LogP contribution in [0.3, 0.4) is 0 Å². The molecule has 0 atom stereocenters. The number of hydrogen-bond donors (Lipinski definition) is 2. The van der Waals surface area contributed by atoms with Crippen LogP contribution in [-0.2, 0) is 27.3 Å². The van der Waals surface area contributed by atoms with Gasteiger partial charge in [-0.1, -0.05) is 23.7 Å². The maximum absolute atomic E-state index is 12.8. The molecule has 2 amide bonds. The van der Waals surface area contributed by atoms with Gasteiger partial charge in [-0.25, -0.2) is 4.79 Å². The fraction of sp³-hybridized carbons (Fsp3) is 0.480. The second kappa shape index (κ2) is 11.4. The van der Waals surface area contributed by atoms with E-state index < -0.39 is 0 Å². The highest BCUT2D eigenvalue weighted by Gasteiger charge is 2.27. The van der Waals surface area contributed by atoms with E-state index in [1.54, 1.807) is 13.0 Å². The number of aromatic nitrogens is 1. The number of aryl methyl sites for hydroxylation is 1. The summed E-state index contributed by atoms with van der Waals surface area (Å²) in [5.74, 6) is -0.362. The largest absolute Gasteiger partial charge is 0.461 e. The highest BCUT2D eigenvalue weighted by molar-refractivity contribution is 6.30. The van der Waals surface area contributed by atoms with Crippen LogP contribution in [0.5, 0.6) is 0 Å². The third-order valence-electron chi connectivity index (χ3n) is 6.24. The monoisotopic (exact) mass is 473 g/mol. The second-order valence-corrected chi connectivity index (χ2v) is 8.89. The molecule has 1 aliphatic rings. The molecule has 178 valence electrons. The lowest BCUT2D eigenvalue weighted by molar-refractivity contribution is -0.135. The van der Waals surface area contributed by atoms with Crippen molar-refractivity contribution in [1.29, 1.82) is 0 Å². The lowest BCUT2D eigenvalue weighted by atomic mass is 9.95. The highest BCUT2D eigenvalue weighted by Crippen LogP contribution is 2.22. The molecule has 0 saturated carbocycles. The summed E-state index contributed by atoms with van der Waals surface area (Å²) < 4.78 is 5.09. The molecule has 8 heteroatoms. The van der Waals surface area contributed by atoms with Crippen molar-refractivity contribution >= 4 is 29.4 Å². The summed E-state index contributed by atoms with van der Waals surface area (Å²) in [5, 5.41) is 3.63. The van der Waals surface area contributed by atoms with Gasteiger partial charge in [-0.05, 0) is 68.9 Å². The van der Waals surface area contributed by atoms with E-state index in [-0.39, 0.29) is 23.7 Å². The molecule has 2 aromatic rings. The molecule has 0 spiro atoms. The number of ether oxygens (including phenoxy) is 1. The minimum Gasteiger partial charge on any atom is -0.461 e. The Morgan fingerprint density at radius 3 is 2.61 bits per heavy atom. The van der Waals surface area contributed by atoms with Crippen LogP contribution in [0.25, 0.3) is 0 Å². The smallest absolute Gasteiger partial charge is 0.355 e. The number of carbonyl (C=O) groups excluding carboxylic acids is 3.